The molecule has 1 aliphatic carbocycles. The van der Waals surface area contributed by atoms with Gasteiger partial charge in [-0.15, -0.1) is 0 Å². The van der Waals surface area contributed by atoms with Gasteiger partial charge in [0.25, 0.3) is 5.91 Å². The number of nitrogens with zero attached hydrogens (tertiary/aromatic N) is 1. The molecule has 24 heavy (non-hydrogen) atoms. The van der Waals surface area contributed by atoms with Gasteiger partial charge in [0.15, 0.2) is 5.96 Å². The highest BCUT2D eigenvalue weighted by Crippen LogP contribution is 2.26. The van der Waals surface area contributed by atoms with Crippen LogP contribution in [0.5, 0.6) is 0 Å². The van der Waals surface area contributed by atoms with Crippen LogP contribution >= 0.6 is 0 Å². The number of carbonyl (C=O) groups excluding carboxylic acids is 2. The molecule has 0 fully saturated rings. The van der Waals surface area contributed by atoms with Crippen molar-refractivity contribution in [2.24, 2.45) is 16.5 Å². The first-order valence-electron chi connectivity index (χ1n) is 7.98. The summed E-state index contributed by atoms with van der Waals surface area (Å²) in [6.45, 7) is 5.37. The molecule has 9 nitrogen and oxygen atoms in total. The number of guanidine groups is 1. The first kappa shape index (κ1) is 19.9. The largest absolute Gasteiger partial charge is 0.370 e. The number of ether oxygens (including phenoxy) is 1. The molecule has 0 aromatic heterocycles. The van der Waals surface area contributed by atoms with Crippen molar-refractivity contribution in [1.82, 2.24) is 10.8 Å². The minimum Gasteiger partial charge on any atom is -0.370 e. The summed E-state index contributed by atoms with van der Waals surface area (Å²) in [4.78, 5) is 27.5. The van der Waals surface area contributed by atoms with E-state index in [0.717, 1.165) is 12.8 Å². The number of nitrogens with two attached hydrogens (primary N) is 2. The van der Waals surface area contributed by atoms with Gasteiger partial charge >= 0.3 is 0 Å². The summed E-state index contributed by atoms with van der Waals surface area (Å²) in [7, 11) is 0. The van der Waals surface area contributed by atoms with Crippen molar-refractivity contribution in [3.8, 4) is 0 Å². The molecule has 0 saturated carbocycles. The molecule has 9 heteroatoms. The van der Waals surface area contributed by atoms with Gasteiger partial charge in [-0.1, -0.05) is 13.8 Å². The molecule has 0 aliphatic heterocycles. The molecule has 1 rings (SSSR count). The first-order chi connectivity index (χ1) is 11.3. The average Bonchev–Trinajstić information content (AvgIpc) is 2.53. The van der Waals surface area contributed by atoms with Crippen molar-refractivity contribution in [3.63, 3.8) is 0 Å². The highest BCUT2D eigenvalue weighted by molar-refractivity contribution is 5.93. The Balaban J connectivity index is 3.22. The summed E-state index contributed by atoms with van der Waals surface area (Å²) < 4.78 is 6.04. The minimum absolute atomic E-state index is 0.0427. The van der Waals surface area contributed by atoms with E-state index in [-0.39, 0.29) is 24.4 Å². The van der Waals surface area contributed by atoms with Gasteiger partial charge in [0, 0.05) is 18.9 Å². The third-order valence-corrected chi connectivity index (χ3v) is 3.90. The predicted octanol–water partition coefficient (Wildman–Crippen LogP) is -0.458. The second-order valence-electron chi connectivity index (χ2n) is 5.72. The van der Waals surface area contributed by atoms with Crippen molar-refractivity contribution < 1.29 is 19.5 Å². The van der Waals surface area contributed by atoms with Gasteiger partial charge in [0.1, 0.15) is 0 Å². The molecule has 0 aromatic carbocycles. The van der Waals surface area contributed by atoms with Crippen LogP contribution in [0.15, 0.2) is 16.6 Å². The van der Waals surface area contributed by atoms with Crippen LogP contribution in [0, 0.1) is 0 Å². The lowest BCUT2D eigenvalue weighted by molar-refractivity contribution is -0.126. The number of hydroxylamine groups is 1. The molecule has 0 unspecified atom stereocenters. The molecular formula is C15H27N5O4. The van der Waals surface area contributed by atoms with Crippen molar-refractivity contribution in [3.05, 3.63) is 11.6 Å². The first-order valence-corrected chi connectivity index (χ1v) is 7.98. The lowest BCUT2D eigenvalue weighted by Crippen LogP contribution is -2.54. The van der Waals surface area contributed by atoms with E-state index in [1.807, 2.05) is 13.8 Å². The van der Waals surface area contributed by atoms with E-state index in [0.29, 0.717) is 5.57 Å². The zero-order chi connectivity index (χ0) is 18.3. The molecule has 0 spiro atoms. The second kappa shape index (κ2) is 9.24. The quantitative estimate of drug-likeness (QED) is 0.183. The molecule has 7 N–H and O–H groups in total. The van der Waals surface area contributed by atoms with Crippen molar-refractivity contribution in [2.75, 3.05) is 0 Å². The third-order valence-electron chi connectivity index (χ3n) is 3.90. The second-order valence-corrected chi connectivity index (χ2v) is 5.72. The van der Waals surface area contributed by atoms with Gasteiger partial charge < -0.3 is 21.5 Å². The Bertz CT molecular complexity index is 512. The SMILES string of the molecule is CCC(CC)O[C@@H]1C=C(C(=O)NO)C[C@H](N=C(N)N)[C@H]1NC(C)=O. The Morgan fingerprint density at radius 3 is 2.50 bits per heavy atom. The van der Waals surface area contributed by atoms with Gasteiger partial charge in [-0.25, -0.2) is 10.5 Å². The molecule has 0 heterocycles. The van der Waals surface area contributed by atoms with E-state index >= 15 is 0 Å². The van der Waals surface area contributed by atoms with Crippen LogP contribution in [0.3, 0.4) is 0 Å². The summed E-state index contributed by atoms with van der Waals surface area (Å²) in [5.74, 6) is -1.05. The number of hydrogen-bond acceptors (Lipinski definition) is 5. The molecule has 0 aromatic rings. The topological polar surface area (TPSA) is 152 Å². The van der Waals surface area contributed by atoms with E-state index in [4.69, 9.17) is 21.4 Å². The maximum absolute atomic E-state index is 11.8. The van der Waals surface area contributed by atoms with E-state index < -0.39 is 24.1 Å². The molecule has 0 saturated heterocycles. The van der Waals surface area contributed by atoms with Crippen LogP contribution in [0.1, 0.15) is 40.0 Å². The summed E-state index contributed by atoms with van der Waals surface area (Å²) >= 11 is 0. The van der Waals surface area contributed by atoms with Gasteiger partial charge in [0.05, 0.1) is 24.3 Å². The van der Waals surface area contributed by atoms with Crippen LogP contribution < -0.4 is 22.3 Å². The highest BCUT2D eigenvalue weighted by Gasteiger charge is 2.37. The monoisotopic (exact) mass is 341 g/mol. The van der Waals surface area contributed by atoms with Crippen LogP contribution in [0.2, 0.25) is 0 Å². The fourth-order valence-corrected chi connectivity index (χ4v) is 2.74. The van der Waals surface area contributed by atoms with Gasteiger partial charge in [-0.3, -0.25) is 14.8 Å². The Morgan fingerprint density at radius 2 is 2.04 bits per heavy atom. The summed E-state index contributed by atoms with van der Waals surface area (Å²) in [6.07, 6.45) is 2.69. The van der Waals surface area contributed by atoms with Gasteiger partial charge in [-0.2, -0.15) is 0 Å². The Morgan fingerprint density at radius 1 is 1.42 bits per heavy atom. The van der Waals surface area contributed by atoms with Crippen LogP contribution in [-0.4, -0.2) is 47.3 Å². The lowest BCUT2D eigenvalue weighted by atomic mass is 9.87. The van der Waals surface area contributed by atoms with Gasteiger partial charge in [0.2, 0.25) is 5.91 Å². The van der Waals surface area contributed by atoms with Crippen LogP contribution in [0.25, 0.3) is 0 Å². The number of hydrogen-bond donors (Lipinski definition) is 5. The maximum Gasteiger partial charge on any atom is 0.270 e. The van der Waals surface area contributed by atoms with Crippen LogP contribution in [0.4, 0.5) is 0 Å². The Hall–Kier alpha value is -2.13. The molecule has 3 atom stereocenters. The highest BCUT2D eigenvalue weighted by atomic mass is 16.5. The summed E-state index contributed by atoms with van der Waals surface area (Å²) in [5, 5.41) is 11.7. The molecule has 2 amide bonds. The fraction of sp³-hybridized carbons (Fsp3) is 0.667. The standard InChI is InChI=1S/C15H27N5O4/c1-4-10(5-2)24-12-7-9(14(22)20-23)6-11(19-15(16)17)13(12)18-8(3)21/h7,10-13,23H,4-6H2,1-3H3,(H,18,21)(H,20,22)(H4,16,17,19)/t11-,12+,13+/m0/s1. The molecule has 1 aliphatic rings. The molecule has 0 bridgehead atoms. The Kier molecular flexibility index (Phi) is 7.66. The number of nitrogens with one attached hydrogen (secondary N) is 2. The summed E-state index contributed by atoms with van der Waals surface area (Å²) in [5.41, 5.74) is 12.8. The zero-order valence-electron chi connectivity index (χ0n) is 14.3. The molecular weight excluding hydrogens is 314 g/mol. The van der Waals surface area contributed by atoms with Gasteiger partial charge in [-0.05, 0) is 18.9 Å². The predicted molar refractivity (Wildman–Crippen MR) is 89.1 cm³/mol. The zero-order valence-corrected chi connectivity index (χ0v) is 14.3. The number of rotatable bonds is 7. The van der Waals surface area contributed by atoms with E-state index in [1.54, 1.807) is 11.6 Å². The van der Waals surface area contributed by atoms with Crippen molar-refractivity contribution in [1.29, 1.82) is 0 Å². The number of amides is 2. The lowest BCUT2D eigenvalue weighted by Gasteiger charge is -2.36. The molecule has 0 radical (unpaired) electrons. The minimum atomic E-state index is -0.648. The molecule has 136 valence electrons. The number of aliphatic imine (C=N–C) groups is 1. The van der Waals surface area contributed by atoms with E-state index in [9.17, 15) is 9.59 Å². The summed E-state index contributed by atoms with van der Waals surface area (Å²) in [6, 6.07) is -1.09. The average molecular weight is 341 g/mol. The normalized spacial score (nSPS) is 23.4. The fourth-order valence-electron chi connectivity index (χ4n) is 2.74. The smallest absolute Gasteiger partial charge is 0.270 e. The third kappa shape index (κ3) is 5.50. The van der Waals surface area contributed by atoms with Crippen molar-refractivity contribution >= 4 is 17.8 Å². The van der Waals surface area contributed by atoms with Crippen LogP contribution in [-0.2, 0) is 14.3 Å². The van der Waals surface area contributed by atoms with E-state index in [2.05, 4.69) is 10.3 Å². The Labute approximate surface area is 141 Å². The van der Waals surface area contributed by atoms with Crippen molar-refractivity contribution in [2.45, 2.75) is 64.3 Å². The maximum atomic E-state index is 11.8. The van der Waals surface area contributed by atoms with E-state index in [1.165, 1.54) is 6.92 Å². The number of carbonyl (C=O) groups is 2.